The van der Waals surface area contributed by atoms with Crippen LogP contribution < -0.4 is 0 Å². The number of ketones is 1. The van der Waals surface area contributed by atoms with Gasteiger partial charge in [-0.15, -0.1) is 0 Å². The van der Waals surface area contributed by atoms with Gasteiger partial charge in [0.1, 0.15) is 6.33 Å². The lowest BCUT2D eigenvalue weighted by molar-refractivity contribution is -0.111. The third-order valence-corrected chi connectivity index (χ3v) is 10.7. The average molecular weight is 499 g/mol. The molecule has 0 aliphatic heterocycles. The van der Waals surface area contributed by atoms with E-state index < -0.39 is 0 Å². The van der Waals surface area contributed by atoms with Crippen molar-refractivity contribution in [2.45, 2.75) is 58.3 Å². The van der Waals surface area contributed by atoms with E-state index in [4.69, 9.17) is 16.6 Å². The molecule has 2 heterocycles. The van der Waals surface area contributed by atoms with Crippen molar-refractivity contribution in [2.24, 2.45) is 28.6 Å². The SMILES string of the molecule is C[C@]12CC[C@H]3[C@@H](CCC4=CC(=O)C=C[C@@]43C)[C@@H]1CC[C@@H]2c1cc(-c2ccccc2Cl)n2ncnc2n1. The van der Waals surface area contributed by atoms with Crippen LogP contribution in [0, 0.1) is 28.6 Å². The number of halogens is 1. The standard InChI is InChI=1S/C30H31ClN4O/c1-29-13-11-19(36)15-18(29)7-8-20-22-9-10-24(30(22,2)14-12-23(20)29)26-16-27(21-5-3-4-6-25(21)31)35-28(34-26)32-17-33-35/h3-6,11,13,15-17,20,22-24H,7-10,12,14H2,1-2H3/t20-,22-,23-,24+,29-,30-/m0/s1. The Labute approximate surface area is 216 Å². The molecule has 0 bridgehead atoms. The Balaban J connectivity index is 1.27. The second-order valence-electron chi connectivity index (χ2n) is 11.8. The summed E-state index contributed by atoms with van der Waals surface area (Å²) in [7, 11) is 0. The number of carbonyl (C=O) groups is 1. The van der Waals surface area contributed by atoms with Gasteiger partial charge < -0.3 is 0 Å². The molecule has 3 saturated carbocycles. The van der Waals surface area contributed by atoms with Gasteiger partial charge in [0.05, 0.1) is 11.4 Å². The van der Waals surface area contributed by atoms with E-state index in [1.165, 1.54) is 31.3 Å². The summed E-state index contributed by atoms with van der Waals surface area (Å²) in [5, 5.41) is 5.17. The minimum Gasteiger partial charge on any atom is -0.290 e. The zero-order chi connectivity index (χ0) is 24.7. The molecule has 6 atom stereocenters. The molecule has 0 unspecified atom stereocenters. The number of aromatic nitrogens is 4. The molecule has 4 aliphatic rings. The third-order valence-electron chi connectivity index (χ3n) is 10.3. The van der Waals surface area contributed by atoms with E-state index in [0.29, 0.717) is 34.5 Å². The summed E-state index contributed by atoms with van der Waals surface area (Å²) in [4.78, 5) is 21.6. The molecule has 0 N–H and O–H groups in total. The molecule has 3 aromatic rings. The van der Waals surface area contributed by atoms with Gasteiger partial charge in [-0.05, 0) is 86.0 Å². The zero-order valence-corrected chi connectivity index (χ0v) is 21.6. The zero-order valence-electron chi connectivity index (χ0n) is 20.8. The Morgan fingerprint density at radius 3 is 2.81 bits per heavy atom. The fourth-order valence-electron chi connectivity index (χ4n) is 8.55. The van der Waals surface area contributed by atoms with Crippen molar-refractivity contribution in [3.63, 3.8) is 0 Å². The highest BCUT2D eigenvalue weighted by Gasteiger charge is 2.59. The van der Waals surface area contributed by atoms with Gasteiger partial charge >= 0.3 is 0 Å². The van der Waals surface area contributed by atoms with Gasteiger partial charge in [0.2, 0.25) is 0 Å². The topological polar surface area (TPSA) is 60.2 Å². The first-order valence-corrected chi connectivity index (χ1v) is 13.7. The molecule has 184 valence electrons. The summed E-state index contributed by atoms with van der Waals surface area (Å²) in [6.07, 6.45) is 14.6. The molecule has 3 fully saturated rings. The predicted molar refractivity (Wildman–Crippen MR) is 141 cm³/mol. The highest BCUT2D eigenvalue weighted by Crippen LogP contribution is 2.67. The van der Waals surface area contributed by atoms with E-state index in [9.17, 15) is 4.79 Å². The lowest BCUT2D eigenvalue weighted by atomic mass is 9.47. The van der Waals surface area contributed by atoms with E-state index in [1.807, 2.05) is 40.9 Å². The number of nitrogens with zero attached hydrogens (tertiary/aromatic N) is 4. The van der Waals surface area contributed by atoms with Crippen molar-refractivity contribution in [1.82, 2.24) is 19.6 Å². The van der Waals surface area contributed by atoms with Crippen molar-refractivity contribution in [1.29, 1.82) is 0 Å². The third kappa shape index (κ3) is 3.08. The second-order valence-corrected chi connectivity index (χ2v) is 12.2. The molecular formula is C30H31ClN4O. The van der Waals surface area contributed by atoms with Gasteiger partial charge in [-0.3, -0.25) is 4.79 Å². The first-order valence-electron chi connectivity index (χ1n) is 13.3. The molecule has 0 spiro atoms. The normalized spacial score (nSPS) is 35.3. The van der Waals surface area contributed by atoms with E-state index in [-0.39, 0.29) is 16.6 Å². The highest BCUT2D eigenvalue weighted by molar-refractivity contribution is 6.33. The van der Waals surface area contributed by atoms with Gasteiger partial charge in [0, 0.05) is 21.9 Å². The van der Waals surface area contributed by atoms with Crippen molar-refractivity contribution in [3.05, 3.63) is 71.2 Å². The maximum absolute atomic E-state index is 12.1. The van der Waals surface area contributed by atoms with Crippen LogP contribution >= 0.6 is 11.6 Å². The summed E-state index contributed by atoms with van der Waals surface area (Å²) in [5.74, 6) is 3.16. The number of rotatable bonds is 2. The molecule has 7 rings (SSSR count). The molecule has 0 saturated heterocycles. The Morgan fingerprint density at radius 1 is 1.08 bits per heavy atom. The molecular weight excluding hydrogens is 468 g/mol. The van der Waals surface area contributed by atoms with Crippen LogP contribution in [0.25, 0.3) is 17.0 Å². The van der Waals surface area contributed by atoms with Gasteiger partial charge in [-0.1, -0.05) is 55.3 Å². The minimum atomic E-state index is 0.0339. The Hall–Kier alpha value is -2.79. The van der Waals surface area contributed by atoms with Crippen molar-refractivity contribution < 1.29 is 4.79 Å². The summed E-state index contributed by atoms with van der Waals surface area (Å²) >= 11 is 6.62. The lowest BCUT2D eigenvalue weighted by Crippen LogP contribution is -2.49. The largest absolute Gasteiger partial charge is 0.290 e. The molecule has 4 aliphatic carbocycles. The molecule has 2 aromatic heterocycles. The molecule has 36 heavy (non-hydrogen) atoms. The number of benzene rings is 1. The maximum Gasteiger partial charge on any atom is 0.252 e. The fraction of sp³-hybridized carbons (Fsp3) is 0.467. The van der Waals surface area contributed by atoms with Crippen LogP contribution in [0.4, 0.5) is 0 Å². The smallest absolute Gasteiger partial charge is 0.252 e. The quantitative estimate of drug-likeness (QED) is 0.388. The number of allylic oxidation sites excluding steroid dienone is 4. The Morgan fingerprint density at radius 2 is 1.94 bits per heavy atom. The highest BCUT2D eigenvalue weighted by atomic mass is 35.5. The number of carbonyl (C=O) groups excluding carboxylic acids is 1. The summed E-state index contributed by atoms with van der Waals surface area (Å²) in [6.45, 7) is 4.90. The van der Waals surface area contributed by atoms with E-state index in [1.54, 1.807) is 6.33 Å². The predicted octanol–water partition coefficient (Wildman–Crippen LogP) is 6.84. The van der Waals surface area contributed by atoms with E-state index >= 15 is 0 Å². The van der Waals surface area contributed by atoms with Crippen LogP contribution in [0.2, 0.25) is 5.02 Å². The van der Waals surface area contributed by atoms with Crippen LogP contribution in [-0.4, -0.2) is 25.4 Å². The van der Waals surface area contributed by atoms with Gasteiger partial charge in [0.25, 0.3) is 5.78 Å². The van der Waals surface area contributed by atoms with Crippen LogP contribution in [0.1, 0.15) is 64.0 Å². The minimum absolute atomic E-state index is 0.0339. The van der Waals surface area contributed by atoms with Crippen LogP contribution in [0.3, 0.4) is 0 Å². The van der Waals surface area contributed by atoms with E-state index in [0.717, 1.165) is 29.8 Å². The fourth-order valence-corrected chi connectivity index (χ4v) is 8.79. The maximum atomic E-state index is 12.1. The summed E-state index contributed by atoms with van der Waals surface area (Å²) < 4.78 is 1.81. The summed E-state index contributed by atoms with van der Waals surface area (Å²) in [6, 6.07) is 10.1. The summed E-state index contributed by atoms with van der Waals surface area (Å²) in [5.41, 5.74) is 4.63. The first kappa shape index (κ1) is 22.4. The van der Waals surface area contributed by atoms with Gasteiger partial charge in [0.15, 0.2) is 5.78 Å². The first-order chi connectivity index (χ1) is 17.4. The van der Waals surface area contributed by atoms with Gasteiger partial charge in [-0.25, -0.2) is 4.98 Å². The molecule has 5 nitrogen and oxygen atoms in total. The lowest BCUT2D eigenvalue weighted by Gasteiger charge is -2.57. The second kappa shape index (κ2) is 7.85. The Bertz CT molecular complexity index is 1460. The van der Waals surface area contributed by atoms with Crippen molar-refractivity contribution in [2.75, 3.05) is 0 Å². The van der Waals surface area contributed by atoms with E-state index in [2.05, 4.69) is 36.1 Å². The van der Waals surface area contributed by atoms with Crippen LogP contribution in [0.5, 0.6) is 0 Å². The van der Waals surface area contributed by atoms with Crippen LogP contribution in [0.15, 0.2) is 60.5 Å². The van der Waals surface area contributed by atoms with Gasteiger partial charge in [-0.2, -0.15) is 14.6 Å². The number of hydrogen-bond acceptors (Lipinski definition) is 4. The Kier molecular flexibility index (Phi) is 4.89. The average Bonchev–Trinajstić information content (AvgIpc) is 3.48. The number of hydrogen-bond donors (Lipinski definition) is 0. The molecule has 0 radical (unpaired) electrons. The van der Waals surface area contributed by atoms with Crippen molar-refractivity contribution >= 4 is 23.2 Å². The molecule has 6 heteroatoms. The molecule has 1 aromatic carbocycles. The van der Waals surface area contributed by atoms with Crippen LogP contribution in [-0.2, 0) is 4.79 Å². The van der Waals surface area contributed by atoms with Crippen molar-refractivity contribution in [3.8, 4) is 11.3 Å². The molecule has 0 amide bonds. The number of fused-ring (bicyclic) bond motifs is 6. The monoisotopic (exact) mass is 498 g/mol.